The van der Waals surface area contributed by atoms with E-state index >= 15 is 0 Å². The Balaban J connectivity index is 1.47. The zero-order chi connectivity index (χ0) is 29.9. The van der Waals surface area contributed by atoms with Crippen molar-refractivity contribution in [3.05, 3.63) is 70.5 Å². The van der Waals surface area contributed by atoms with Crippen LogP contribution in [0.25, 0.3) is 11.3 Å². The number of benzene rings is 1. The molecule has 0 bridgehead atoms. The predicted molar refractivity (Wildman–Crippen MR) is 177 cm³/mol. The second kappa shape index (κ2) is 13.4. The van der Waals surface area contributed by atoms with Crippen LogP contribution in [0.4, 0.5) is 5.69 Å². The lowest BCUT2D eigenvalue weighted by molar-refractivity contribution is 0.351. The van der Waals surface area contributed by atoms with Crippen LogP contribution in [-0.2, 0) is 9.84 Å². The van der Waals surface area contributed by atoms with Crippen LogP contribution in [0.1, 0.15) is 96.1 Å². The minimum absolute atomic E-state index is 0.386. The predicted octanol–water partition coefficient (Wildman–Crippen LogP) is 9.54. The number of aliphatic imine (C=N–C) groups is 1. The maximum atomic E-state index is 11.9. The molecule has 0 amide bonds. The average Bonchev–Trinajstić information content (AvgIpc) is 3.19. The van der Waals surface area contributed by atoms with Crippen molar-refractivity contribution in [1.82, 2.24) is 4.98 Å². The Hall–Kier alpha value is -2.53. The molecule has 5 heteroatoms. The van der Waals surface area contributed by atoms with E-state index in [0.29, 0.717) is 35.2 Å². The van der Waals surface area contributed by atoms with Gasteiger partial charge in [0.25, 0.3) is 0 Å². The molecule has 3 atom stereocenters. The Labute approximate surface area is 254 Å². The Morgan fingerprint density at radius 3 is 2.45 bits per heavy atom. The number of pyridine rings is 1. The highest BCUT2D eigenvalue weighted by Crippen LogP contribution is 2.42. The van der Waals surface area contributed by atoms with Crippen molar-refractivity contribution in [2.24, 2.45) is 28.7 Å². The number of nitrogens with zero attached hydrogens (tertiary/aromatic N) is 2. The zero-order valence-corrected chi connectivity index (χ0v) is 27.3. The standard InChI is InChI=1S/C37H50N2O2S/c1-6-31-15-11-26(3)28(5)35-22-30(14-13-29-18-20-42(40,41)21-19-29)8-7-9-33(35)37(31)39-32-16-12-27(4)34(23-32)36-17-10-25(2)24-38-36/h10-12,16-17,23-24,28-31H,6-9,13-15,18-22H2,1-5H3. The first-order valence-electron chi connectivity index (χ1n) is 16.3. The van der Waals surface area contributed by atoms with Crippen molar-refractivity contribution in [2.75, 3.05) is 11.5 Å². The lowest BCUT2D eigenvalue weighted by Crippen LogP contribution is -2.24. The monoisotopic (exact) mass is 586 g/mol. The number of rotatable bonds is 6. The second-order valence-corrected chi connectivity index (χ2v) is 15.7. The number of hydrogen-bond acceptors (Lipinski definition) is 4. The van der Waals surface area contributed by atoms with Gasteiger partial charge >= 0.3 is 0 Å². The van der Waals surface area contributed by atoms with Gasteiger partial charge in [-0.2, -0.15) is 0 Å². The molecule has 0 saturated carbocycles. The van der Waals surface area contributed by atoms with E-state index in [0.717, 1.165) is 55.5 Å². The lowest BCUT2D eigenvalue weighted by Gasteiger charge is -2.30. The topological polar surface area (TPSA) is 59.4 Å². The van der Waals surface area contributed by atoms with Gasteiger partial charge in [0.05, 0.1) is 22.9 Å². The van der Waals surface area contributed by atoms with E-state index in [4.69, 9.17) is 9.98 Å². The molecule has 1 saturated heterocycles. The van der Waals surface area contributed by atoms with Gasteiger partial charge in [0.15, 0.2) is 0 Å². The molecule has 0 N–H and O–H groups in total. The van der Waals surface area contributed by atoms with Crippen LogP contribution < -0.4 is 0 Å². The molecule has 3 aliphatic rings. The summed E-state index contributed by atoms with van der Waals surface area (Å²) in [6.45, 7) is 11.3. The third-order valence-electron chi connectivity index (χ3n) is 10.4. The van der Waals surface area contributed by atoms with Gasteiger partial charge in [-0.1, -0.05) is 49.6 Å². The van der Waals surface area contributed by atoms with Gasteiger partial charge in [-0.05, 0) is 131 Å². The first kappa shape index (κ1) is 30.9. The second-order valence-electron chi connectivity index (χ2n) is 13.4. The maximum absolute atomic E-state index is 11.9. The molecular weight excluding hydrogens is 536 g/mol. The Bertz CT molecular complexity index is 1450. The van der Waals surface area contributed by atoms with Crippen LogP contribution in [0.5, 0.6) is 0 Å². The Morgan fingerprint density at radius 1 is 0.976 bits per heavy atom. The summed E-state index contributed by atoms with van der Waals surface area (Å²) in [6.07, 6.45) is 15.4. The highest BCUT2D eigenvalue weighted by molar-refractivity contribution is 7.91. The van der Waals surface area contributed by atoms with Crippen LogP contribution in [0.3, 0.4) is 0 Å². The van der Waals surface area contributed by atoms with Gasteiger partial charge in [-0.3, -0.25) is 9.98 Å². The molecule has 2 aromatic rings. The molecule has 2 aliphatic carbocycles. The van der Waals surface area contributed by atoms with E-state index in [1.807, 2.05) is 6.20 Å². The van der Waals surface area contributed by atoms with Crippen LogP contribution >= 0.6 is 0 Å². The largest absolute Gasteiger partial charge is 0.256 e. The van der Waals surface area contributed by atoms with Crippen LogP contribution in [-0.4, -0.2) is 30.6 Å². The van der Waals surface area contributed by atoms with E-state index < -0.39 is 9.84 Å². The molecule has 4 nitrogen and oxygen atoms in total. The summed E-state index contributed by atoms with van der Waals surface area (Å²) >= 11 is 0. The van der Waals surface area contributed by atoms with Crippen LogP contribution in [0, 0.1) is 37.5 Å². The number of allylic oxidation sites excluding steroid dienone is 4. The summed E-state index contributed by atoms with van der Waals surface area (Å²) in [5.74, 6) is 2.87. The van der Waals surface area contributed by atoms with Gasteiger partial charge in [-0.25, -0.2) is 8.42 Å². The Morgan fingerprint density at radius 2 is 1.74 bits per heavy atom. The third kappa shape index (κ3) is 7.33. The van der Waals surface area contributed by atoms with E-state index in [2.05, 4.69) is 71.0 Å². The molecule has 1 aliphatic heterocycles. The molecule has 226 valence electrons. The molecule has 5 rings (SSSR count). The number of aryl methyl sites for hydroxylation is 2. The van der Waals surface area contributed by atoms with Crippen molar-refractivity contribution in [3.63, 3.8) is 0 Å². The molecule has 1 fully saturated rings. The number of hydrogen-bond donors (Lipinski definition) is 0. The van der Waals surface area contributed by atoms with E-state index in [1.54, 1.807) is 5.57 Å². The van der Waals surface area contributed by atoms with E-state index in [-0.39, 0.29) is 0 Å². The SMILES string of the molecule is CCC1CC=C(C)C(C)C2=C(CCCC(CCC3CCS(=O)(=O)CC3)C2)C1=Nc1ccc(C)c(-c2ccc(C)cn2)c1. The third-order valence-corrected chi connectivity index (χ3v) is 12.1. The summed E-state index contributed by atoms with van der Waals surface area (Å²) in [5, 5.41) is 0. The van der Waals surface area contributed by atoms with Gasteiger partial charge < -0.3 is 0 Å². The van der Waals surface area contributed by atoms with Gasteiger partial charge in [-0.15, -0.1) is 0 Å². The minimum atomic E-state index is -2.79. The smallest absolute Gasteiger partial charge is 0.150 e. The molecule has 0 spiro atoms. The normalized spacial score (nSPS) is 26.3. The van der Waals surface area contributed by atoms with Crippen molar-refractivity contribution >= 4 is 21.2 Å². The van der Waals surface area contributed by atoms with Crippen molar-refractivity contribution in [2.45, 2.75) is 98.8 Å². The van der Waals surface area contributed by atoms with E-state index in [1.165, 1.54) is 53.7 Å². The zero-order valence-electron chi connectivity index (χ0n) is 26.5. The Kier molecular flexibility index (Phi) is 9.87. The molecule has 0 radical (unpaired) electrons. The molecule has 1 aromatic carbocycles. The van der Waals surface area contributed by atoms with Crippen LogP contribution in [0.15, 0.2) is 64.3 Å². The van der Waals surface area contributed by atoms with Crippen molar-refractivity contribution in [1.29, 1.82) is 0 Å². The van der Waals surface area contributed by atoms with Crippen molar-refractivity contribution in [3.8, 4) is 11.3 Å². The summed E-state index contributed by atoms with van der Waals surface area (Å²) in [7, 11) is -2.79. The first-order chi connectivity index (χ1) is 20.1. The fourth-order valence-corrected chi connectivity index (χ4v) is 8.91. The van der Waals surface area contributed by atoms with Gasteiger partial charge in [0.2, 0.25) is 0 Å². The molecule has 1 aromatic heterocycles. The number of aromatic nitrogens is 1. The highest BCUT2D eigenvalue weighted by atomic mass is 32.2. The van der Waals surface area contributed by atoms with Gasteiger partial charge in [0, 0.05) is 23.4 Å². The number of sulfone groups is 1. The average molecular weight is 587 g/mol. The minimum Gasteiger partial charge on any atom is -0.256 e. The fourth-order valence-electron chi connectivity index (χ4n) is 7.32. The summed E-state index contributed by atoms with van der Waals surface area (Å²) in [5.41, 5.74) is 11.5. The maximum Gasteiger partial charge on any atom is 0.150 e. The fraction of sp³-hybridized carbons (Fsp3) is 0.568. The first-order valence-corrected chi connectivity index (χ1v) is 18.2. The molecule has 3 unspecified atom stereocenters. The summed E-state index contributed by atoms with van der Waals surface area (Å²) in [6, 6.07) is 10.9. The van der Waals surface area contributed by atoms with E-state index in [9.17, 15) is 8.42 Å². The van der Waals surface area contributed by atoms with Crippen molar-refractivity contribution < 1.29 is 8.42 Å². The molecule has 42 heavy (non-hydrogen) atoms. The highest BCUT2D eigenvalue weighted by Gasteiger charge is 2.31. The molecular formula is C37H50N2O2S. The van der Waals surface area contributed by atoms with Crippen LogP contribution in [0.2, 0.25) is 0 Å². The lowest BCUT2D eigenvalue weighted by atomic mass is 9.76. The molecule has 2 heterocycles. The van der Waals surface area contributed by atoms with Gasteiger partial charge in [0.1, 0.15) is 9.84 Å². The summed E-state index contributed by atoms with van der Waals surface area (Å²) < 4.78 is 23.9. The quantitative estimate of drug-likeness (QED) is 0.317. The summed E-state index contributed by atoms with van der Waals surface area (Å²) in [4.78, 5) is 10.2.